The van der Waals surface area contributed by atoms with Gasteiger partial charge in [0.1, 0.15) is 11.1 Å². The molecule has 0 aromatic carbocycles. The van der Waals surface area contributed by atoms with Gasteiger partial charge in [-0.25, -0.2) is 4.98 Å². The largest absolute Gasteiger partial charge is 0.366 e. The van der Waals surface area contributed by atoms with Crippen molar-refractivity contribution in [3.05, 3.63) is 27.2 Å². The van der Waals surface area contributed by atoms with Crippen LogP contribution in [0.2, 0.25) is 0 Å². The van der Waals surface area contributed by atoms with Gasteiger partial charge in [-0.1, -0.05) is 6.08 Å². The second-order valence-electron chi connectivity index (χ2n) is 7.01. The molecule has 3 aliphatic rings. The first-order valence-corrected chi connectivity index (χ1v) is 9.51. The highest BCUT2D eigenvalue weighted by Gasteiger charge is 2.42. The molecule has 0 radical (unpaired) electrons. The molecule has 3 atom stereocenters. The third-order valence-corrected chi connectivity index (χ3v) is 6.64. The molecule has 0 saturated carbocycles. The van der Waals surface area contributed by atoms with Crippen molar-refractivity contribution >= 4 is 17.2 Å². The van der Waals surface area contributed by atoms with Gasteiger partial charge in [0.05, 0.1) is 11.8 Å². The first-order chi connectivity index (χ1) is 11.1. The molecule has 4 rings (SSSR count). The van der Waals surface area contributed by atoms with Gasteiger partial charge < -0.3 is 9.64 Å². The molecule has 2 aliphatic heterocycles. The second kappa shape index (κ2) is 6.02. The lowest BCUT2D eigenvalue weighted by molar-refractivity contribution is -0.131. The summed E-state index contributed by atoms with van der Waals surface area (Å²) < 4.78 is 6.30. The van der Waals surface area contributed by atoms with E-state index in [1.807, 2.05) is 4.90 Å². The maximum atomic E-state index is 12.6. The van der Waals surface area contributed by atoms with E-state index in [1.165, 1.54) is 4.88 Å². The Balaban J connectivity index is 1.43. The molecule has 2 saturated heterocycles. The standard InChI is InChI=1S/C18H24N2O2S/c1-11-12(2)23-17(19-11)15-9-14-7-8-20(10-16(14)22-15)18(21)13-5-3-4-6-13/h5,14-16H,3-4,6-10H2,1-2H3/t14-,15+,16+/m0/s1. The molecule has 2 fully saturated rings. The molecule has 0 bridgehead atoms. The summed E-state index contributed by atoms with van der Waals surface area (Å²) >= 11 is 1.76. The van der Waals surface area contributed by atoms with Gasteiger partial charge >= 0.3 is 0 Å². The SMILES string of the molecule is Cc1nc([C@H]2C[C@@H]3CCN(C(=O)C4=CCCC4)C[C@H]3O2)sc1C. The van der Waals surface area contributed by atoms with Crippen molar-refractivity contribution in [2.75, 3.05) is 13.1 Å². The molecule has 0 unspecified atom stereocenters. The first kappa shape index (κ1) is 15.3. The van der Waals surface area contributed by atoms with Gasteiger partial charge in [-0.15, -0.1) is 11.3 Å². The first-order valence-electron chi connectivity index (χ1n) is 8.69. The number of carbonyl (C=O) groups is 1. The number of aromatic nitrogens is 1. The molecule has 0 N–H and O–H groups in total. The molecule has 23 heavy (non-hydrogen) atoms. The van der Waals surface area contributed by atoms with Crippen LogP contribution < -0.4 is 0 Å². The van der Waals surface area contributed by atoms with Crippen molar-refractivity contribution in [1.29, 1.82) is 0 Å². The zero-order chi connectivity index (χ0) is 16.0. The Morgan fingerprint density at radius 2 is 2.30 bits per heavy atom. The van der Waals surface area contributed by atoms with Crippen LogP contribution in [0, 0.1) is 19.8 Å². The number of amides is 1. The van der Waals surface area contributed by atoms with Gasteiger partial charge in [0, 0.05) is 23.5 Å². The summed E-state index contributed by atoms with van der Waals surface area (Å²) in [6, 6.07) is 0. The van der Waals surface area contributed by atoms with E-state index in [0.29, 0.717) is 5.92 Å². The summed E-state index contributed by atoms with van der Waals surface area (Å²) in [5.41, 5.74) is 2.14. The van der Waals surface area contributed by atoms with Crippen molar-refractivity contribution in [3.63, 3.8) is 0 Å². The number of likely N-dealkylation sites (tertiary alicyclic amines) is 1. The van der Waals surface area contributed by atoms with Gasteiger partial charge in [0.15, 0.2) is 0 Å². The van der Waals surface area contributed by atoms with Crippen LogP contribution in [0.4, 0.5) is 0 Å². The number of rotatable bonds is 2. The van der Waals surface area contributed by atoms with Gasteiger partial charge in [0.2, 0.25) is 5.91 Å². The second-order valence-corrected chi connectivity index (χ2v) is 8.25. The third-order valence-electron chi connectivity index (χ3n) is 5.48. The quantitative estimate of drug-likeness (QED) is 0.832. The third kappa shape index (κ3) is 2.85. The Morgan fingerprint density at radius 1 is 1.43 bits per heavy atom. The van der Waals surface area contributed by atoms with Crippen LogP contribution in [0.1, 0.15) is 53.8 Å². The lowest BCUT2D eigenvalue weighted by Crippen LogP contribution is -2.45. The topological polar surface area (TPSA) is 42.4 Å². The fraction of sp³-hybridized carbons (Fsp3) is 0.667. The van der Waals surface area contributed by atoms with Crippen LogP contribution in [0.15, 0.2) is 11.6 Å². The number of allylic oxidation sites excluding steroid dienone is 1. The summed E-state index contributed by atoms with van der Waals surface area (Å²) in [5, 5.41) is 1.12. The molecule has 124 valence electrons. The van der Waals surface area contributed by atoms with Crippen LogP contribution >= 0.6 is 11.3 Å². The average Bonchev–Trinajstić information content (AvgIpc) is 3.26. The number of piperidine rings is 1. The van der Waals surface area contributed by atoms with Gasteiger partial charge in [-0.05, 0) is 51.9 Å². The molecule has 5 heteroatoms. The van der Waals surface area contributed by atoms with Crippen molar-refractivity contribution < 1.29 is 9.53 Å². The number of hydrogen-bond donors (Lipinski definition) is 0. The fourth-order valence-electron chi connectivity index (χ4n) is 3.98. The number of carbonyl (C=O) groups excluding carboxylic acids is 1. The van der Waals surface area contributed by atoms with Crippen LogP contribution in [0.25, 0.3) is 0 Å². The van der Waals surface area contributed by atoms with Gasteiger partial charge in [0.25, 0.3) is 0 Å². The zero-order valence-corrected chi connectivity index (χ0v) is 14.7. The number of hydrogen-bond acceptors (Lipinski definition) is 4. The monoisotopic (exact) mass is 332 g/mol. The lowest BCUT2D eigenvalue weighted by Gasteiger charge is -2.34. The van der Waals surface area contributed by atoms with Gasteiger partial charge in [-0.3, -0.25) is 4.79 Å². The summed E-state index contributed by atoms with van der Waals surface area (Å²) in [4.78, 5) is 20.5. The molecular formula is C18H24N2O2S. The van der Waals surface area contributed by atoms with E-state index in [9.17, 15) is 4.79 Å². The van der Waals surface area contributed by atoms with Crippen molar-refractivity contribution in [3.8, 4) is 0 Å². The van der Waals surface area contributed by atoms with Crippen molar-refractivity contribution in [1.82, 2.24) is 9.88 Å². The molecule has 1 aromatic heterocycles. The van der Waals surface area contributed by atoms with E-state index in [-0.39, 0.29) is 18.1 Å². The predicted molar refractivity (Wildman–Crippen MR) is 90.4 cm³/mol. The Hall–Kier alpha value is -1.20. The minimum Gasteiger partial charge on any atom is -0.366 e. The van der Waals surface area contributed by atoms with E-state index in [0.717, 1.165) is 61.5 Å². The summed E-state index contributed by atoms with van der Waals surface area (Å²) in [5.74, 6) is 0.819. The number of ether oxygens (including phenoxy) is 1. The summed E-state index contributed by atoms with van der Waals surface area (Å²) in [6.45, 7) is 5.81. The van der Waals surface area contributed by atoms with Gasteiger partial charge in [-0.2, -0.15) is 0 Å². The highest BCUT2D eigenvalue weighted by atomic mass is 32.1. The Labute approximate surface area is 141 Å². The molecule has 3 heterocycles. The Kier molecular flexibility index (Phi) is 4.01. The zero-order valence-electron chi connectivity index (χ0n) is 13.9. The summed E-state index contributed by atoms with van der Waals surface area (Å²) in [7, 11) is 0. The van der Waals surface area contributed by atoms with Crippen LogP contribution in [0.3, 0.4) is 0 Å². The number of aryl methyl sites for hydroxylation is 2. The Morgan fingerprint density at radius 3 is 3.00 bits per heavy atom. The van der Waals surface area contributed by atoms with Crippen LogP contribution in [-0.2, 0) is 9.53 Å². The number of fused-ring (bicyclic) bond motifs is 1. The number of thiazole rings is 1. The molecule has 1 amide bonds. The van der Waals surface area contributed by atoms with E-state index in [1.54, 1.807) is 11.3 Å². The van der Waals surface area contributed by atoms with Crippen molar-refractivity contribution in [2.45, 2.75) is 58.2 Å². The maximum absolute atomic E-state index is 12.6. The maximum Gasteiger partial charge on any atom is 0.249 e. The van der Waals surface area contributed by atoms with Crippen LogP contribution in [-0.4, -0.2) is 35.0 Å². The van der Waals surface area contributed by atoms with Crippen LogP contribution in [0.5, 0.6) is 0 Å². The minimum atomic E-state index is 0.128. The van der Waals surface area contributed by atoms with E-state index in [4.69, 9.17) is 4.74 Å². The number of nitrogens with zero attached hydrogens (tertiary/aromatic N) is 2. The smallest absolute Gasteiger partial charge is 0.249 e. The summed E-state index contributed by atoms with van der Waals surface area (Å²) in [6.07, 6.45) is 7.68. The Bertz CT molecular complexity index is 632. The van der Waals surface area contributed by atoms with E-state index < -0.39 is 0 Å². The normalized spacial score (nSPS) is 30.4. The highest BCUT2D eigenvalue weighted by Crippen LogP contribution is 2.42. The predicted octanol–water partition coefficient (Wildman–Crippen LogP) is 3.55. The molecule has 1 aromatic rings. The highest BCUT2D eigenvalue weighted by molar-refractivity contribution is 7.11. The molecular weight excluding hydrogens is 308 g/mol. The lowest BCUT2D eigenvalue weighted by atomic mass is 9.91. The average molecular weight is 332 g/mol. The minimum absolute atomic E-state index is 0.128. The van der Waals surface area contributed by atoms with E-state index >= 15 is 0 Å². The van der Waals surface area contributed by atoms with E-state index in [2.05, 4.69) is 24.9 Å². The molecule has 1 aliphatic carbocycles. The van der Waals surface area contributed by atoms with Crippen molar-refractivity contribution in [2.24, 2.45) is 5.92 Å². The molecule has 4 nitrogen and oxygen atoms in total. The molecule has 0 spiro atoms. The fourth-order valence-corrected chi connectivity index (χ4v) is 4.95.